The van der Waals surface area contributed by atoms with Crippen LogP contribution in [0.5, 0.6) is 5.75 Å². The monoisotopic (exact) mass is 361 g/mol. The molecule has 1 aromatic carbocycles. The number of rotatable bonds is 6. The number of benzene rings is 1. The van der Waals surface area contributed by atoms with Crippen molar-refractivity contribution in [1.29, 1.82) is 0 Å². The zero-order valence-electron chi connectivity index (χ0n) is 15.2. The summed E-state index contributed by atoms with van der Waals surface area (Å²) in [5.74, 6) is 1.39. The number of carbonyl (C=O) groups excluding carboxylic acids is 1. The van der Waals surface area contributed by atoms with Gasteiger partial charge in [-0.2, -0.15) is 4.98 Å². The Balaban J connectivity index is 1.69. The lowest BCUT2D eigenvalue weighted by Crippen LogP contribution is -2.45. The molecule has 0 spiro atoms. The van der Waals surface area contributed by atoms with Gasteiger partial charge in [0.15, 0.2) is 12.4 Å². The highest BCUT2D eigenvalue weighted by molar-refractivity contribution is 5.78. The van der Waals surface area contributed by atoms with Gasteiger partial charge in [-0.15, -0.1) is 0 Å². The molecule has 26 heavy (non-hydrogen) atoms. The summed E-state index contributed by atoms with van der Waals surface area (Å²) in [5.41, 5.74) is 2.00. The molecule has 1 fully saturated rings. The highest BCUT2D eigenvalue weighted by Crippen LogP contribution is 2.25. The standard InChI is InChI=1S/C18H23N3O5/c1-12-5-4-6-13(2)17(12)25-11-16(22)21-7-8-24-9-14(21)18-19-15(10-23-3)26-20-18/h4-6,14H,7-11H2,1-3H3/t14-/m1/s1. The average Bonchev–Trinajstić information content (AvgIpc) is 3.10. The third-order valence-electron chi connectivity index (χ3n) is 4.25. The van der Waals surface area contributed by atoms with Crippen molar-refractivity contribution in [3.63, 3.8) is 0 Å². The minimum absolute atomic E-state index is 0.0506. The van der Waals surface area contributed by atoms with Crippen LogP contribution in [0.25, 0.3) is 0 Å². The normalized spacial score (nSPS) is 17.3. The van der Waals surface area contributed by atoms with Gasteiger partial charge in [-0.25, -0.2) is 0 Å². The van der Waals surface area contributed by atoms with E-state index in [4.69, 9.17) is 18.7 Å². The van der Waals surface area contributed by atoms with Crippen molar-refractivity contribution in [2.45, 2.75) is 26.5 Å². The Kier molecular flexibility index (Phi) is 5.85. The molecule has 1 aliphatic heterocycles. The van der Waals surface area contributed by atoms with Crippen LogP contribution in [0, 0.1) is 13.8 Å². The van der Waals surface area contributed by atoms with Gasteiger partial charge < -0.3 is 23.6 Å². The highest BCUT2D eigenvalue weighted by Gasteiger charge is 2.32. The number of morpholine rings is 1. The van der Waals surface area contributed by atoms with Gasteiger partial charge in [0.1, 0.15) is 18.4 Å². The fourth-order valence-electron chi connectivity index (χ4n) is 2.95. The lowest BCUT2D eigenvalue weighted by atomic mass is 10.1. The van der Waals surface area contributed by atoms with Gasteiger partial charge in [-0.1, -0.05) is 23.4 Å². The van der Waals surface area contributed by atoms with Gasteiger partial charge >= 0.3 is 0 Å². The van der Waals surface area contributed by atoms with Crippen LogP contribution in [-0.2, 0) is 20.9 Å². The molecule has 0 bridgehead atoms. The molecule has 140 valence electrons. The zero-order valence-corrected chi connectivity index (χ0v) is 15.2. The van der Waals surface area contributed by atoms with E-state index in [9.17, 15) is 4.79 Å². The summed E-state index contributed by atoms with van der Waals surface area (Å²) in [4.78, 5) is 18.7. The number of carbonyl (C=O) groups is 1. The fourth-order valence-corrected chi connectivity index (χ4v) is 2.95. The number of para-hydroxylation sites is 1. The molecule has 0 unspecified atom stereocenters. The first-order valence-electron chi connectivity index (χ1n) is 8.47. The number of hydrogen-bond donors (Lipinski definition) is 0. The zero-order chi connectivity index (χ0) is 18.5. The minimum atomic E-state index is -0.396. The minimum Gasteiger partial charge on any atom is -0.483 e. The van der Waals surface area contributed by atoms with Gasteiger partial charge in [0.2, 0.25) is 0 Å². The number of aromatic nitrogens is 2. The molecule has 1 aromatic heterocycles. The SMILES string of the molecule is COCc1nc([C@H]2COCCN2C(=O)COc2c(C)cccc2C)no1. The maximum absolute atomic E-state index is 12.7. The molecular formula is C18H23N3O5. The molecule has 1 atom stereocenters. The second kappa shape index (κ2) is 8.29. The number of hydrogen-bond acceptors (Lipinski definition) is 7. The molecule has 1 amide bonds. The number of nitrogens with zero attached hydrogens (tertiary/aromatic N) is 3. The van der Waals surface area contributed by atoms with E-state index in [2.05, 4.69) is 10.1 Å². The highest BCUT2D eigenvalue weighted by atomic mass is 16.5. The molecule has 2 heterocycles. The van der Waals surface area contributed by atoms with E-state index in [0.717, 1.165) is 16.9 Å². The average molecular weight is 361 g/mol. The van der Waals surface area contributed by atoms with Gasteiger partial charge in [-0.05, 0) is 25.0 Å². The quantitative estimate of drug-likeness (QED) is 0.775. The van der Waals surface area contributed by atoms with Crippen LogP contribution in [0.3, 0.4) is 0 Å². The van der Waals surface area contributed by atoms with E-state index in [-0.39, 0.29) is 19.1 Å². The molecule has 3 rings (SSSR count). The van der Waals surface area contributed by atoms with Gasteiger partial charge in [-0.3, -0.25) is 4.79 Å². The summed E-state index contributed by atoms with van der Waals surface area (Å²) in [7, 11) is 1.55. The van der Waals surface area contributed by atoms with Crippen molar-refractivity contribution >= 4 is 5.91 Å². The predicted molar refractivity (Wildman–Crippen MR) is 91.7 cm³/mol. The van der Waals surface area contributed by atoms with Gasteiger partial charge in [0, 0.05) is 13.7 Å². The second-order valence-electron chi connectivity index (χ2n) is 6.17. The summed E-state index contributed by atoms with van der Waals surface area (Å²) in [6.45, 7) is 5.33. The van der Waals surface area contributed by atoms with E-state index in [1.807, 2.05) is 32.0 Å². The van der Waals surface area contributed by atoms with Crippen LogP contribution in [0.15, 0.2) is 22.7 Å². The molecule has 2 aromatic rings. The first kappa shape index (κ1) is 18.3. The van der Waals surface area contributed by atoms with Gasteiger partial charge in [0.05, 0.1) is 13.2 Å². The van der Waals surface area contributed by atoms with E-state index >= 15 is 0 Å². The third kappa shape index (κ3) is 4.03. The summed E-state index contributed by atoms with van der Waals surface area (Å²) in [6.07, 6.45) is 0. The van der Waals surface area contributed by atoms with Crippen LogP contribution in [-0.4, -0.2) is 54.4 Å². The lowest BCUT2D eigenvalue weighted by molar-refractivity contribution is -0.142. The Morgan fingerprint density at radius 2 is 2.12 bits per heavy atom. The van der Waals surface area contributed by atoms with Crippen molar-refractivity contribution in [3.8, 4) is 5.75 Å². The van der Waals surface area contributed by atoms with Crippen molar-refractivity contribution < 1.29 is 23.5 Å². The Hall–Kier alpha value is -2.45. The Bertz CT molecular complexity index is 741. The van der Waals surface area contributed by atoms with Gasteiger partial charge in [0.25, 0.3) is 11.8 Å². The smallest absolute Gasteiger partial charge is 0.261 e. The maximum atomic E-state index is 12.7. The summed E-state index contributed by atoms with van der Waals surface area (Å²) < 4.78 is 21.4. The number of methoxy groups -OCH3 is 1. The first-order valence-corrected chi connectivity index (χ1v) is 8.47. The van der Waals surface area contributed by atoms with E-state index in [0.29, 0.717) is 31.5 Å². The molecule has 0 radical (unpaired) electrons. The van der Waals surface area contributed by atoms with Crippen LogP contribution < -0.4 is 4.74 Å². The van der Waals surface area contributed by atoms with Crippen LogP contribution in [0.2, 0.25) is 0 Å². The molecule has 0 saturated carbocycles. The maximum Gasteiger partial charge on any atom is 0.261 e. The molecule has 0 N–H and O–H groups in total. The van der Waals surface area contributed by atoms with Crippen molar-refractivity contribution in [2.24, 2.45) is 0 Å². The third-order valence-corrected chi connectivity index (χ3v) is 4.25. The molecule has 1 aliphatic rings. The fraction of sp³-hybridized carbons (Fsp3) is 0.500. The Morgan fingerprint density at radius 3 is 2.85 bits per heavy atom. The van der Waals surface area contributed by atoms with Crippen LogP contribution in [0.4, 0.5) is 0 Å². The van der Waals surface area contributed by atoms with Crippen LogP contribution >= 0.6 is 0 Å². The second-order valence-corrected chi connectivity index (χ2v) is 6.17. The Labute approximate surface area is 152 Å². The largest absolute Gasteiger partial charge is 0.483 e. The van der Waals surface area contributed by atoms with Crippen LogP contribution in [0.1, 0.15) is 28.9 Å². The number of amides is 1. The first-order chi connectivity index (χ1) is 12.6. The Morgan fingerprint density at radius 1 is 1.35 bits per heavy atom. The summed E-state index contributed by atoms with van der Waals surface area (Å²) >= 11 is 0. The summed E-state index contributed by atoms with van der Waals surface area (Å²) in [6, 6.07) is 5.49. The number of ether oxygens (including phenoxy) is 3. The molecular weight excluding hydrogens is 338 g/mol. The topological polar surface area (TPSA) is 86.9 Å². The lowest BCUT2D eigenvalue weighted by Gasteiger charge is -2.33. The number of aryl methyl sites for hydroxylation is 2. The van der Waals surface area contributed by atoms with Crippen molar-refractivity contribution in [3.05, 3.63) is 41.0 Å². The predicted octanol–water partition coefficient (Wildman–Crippen LogP) is 1.81. The van der Waals surface area contributed by atoms with Crippen molar-refractivity contribution in [2.75, 3.05) is 33.5 Å². The van der Waals surface area contributed by atoms with E-state index < -0.39 is 6.04 Å². The molecule has 0 aliphatic carbocycles. The molecule has 8 heteroatoms. The molecule has 8 nitrogen and oxygen atoms in total. The summed E-state index contributed by atoms with van der Waals surface area (Å²) in [5, 5.41) is 3.96. The van der Waals surface area contributed by atoms with E-state index in [1.54, 1.807) is 12.0 Å². The molecule has 1 saturated heterocycles. The van der Waals surface area contributed by atoms with Crippen molar-refractivity contribution in [1.82, 2.24) is 15.0 Å². The van der Waals surface area contributed by atoms with E-state index in [1.165, 1.54) is 0 Å².